The molecule has 1 fully saturated rings. The normalized spacial score (nSPS) is 19.7. The average Bonchev–Trinajstić information content (AvgIpc) is 2.63. The largest absolute Gasteiger partial charge is 0.377 e. The van der Waals surface area contributed by atoms with Crippen LogP contribution < -0.4 is 21.3 Å². The van der Waals surface area contributed by atoms with Crippen molar-refractivity contribution >= 4 is 11.8 Å². The number of rotatable bonds is 7. The van der Waals surface area contributed by atoms with E-state index >= 15 is 0 Å². The lowest BCUT2D eigenvalue weighted by Gasteiger charge is -2.34. The summed E-state index contributed by atoms with van der Waals surface area (Å²) in [6.07, 6.45) is -0.671. The van der Waals surface area contributed by atoms with E-state index in [2.05, 4.69) is 36.0 Å². The van der Waals surface area contributed by atoms with Gasteiger partial charge >= 0.3 is 0 Å². The summed E-state index contributed by atoms with van der Waals surface area (Å²) in [5.41, 5.74) is -0.732. The van der Waals surface area contributed by atoms with Crippen LogP contribution >= 0.6 is 0 Å². The smallest absolute Gasteiger partial charge is 0.234 e. The minimum atomic E-state index is -0.671. The Hall–Kier alpha value is -1.30. The van der Waals surface area contributed by atoms with Crippen LogP contribution in [0.2, 0.25) is 0 Å². The van der Waals surface area contributed by atoms with Crippen molar-refractivity contribution in [1.82, 2.24) is 36.0 Å². The maximum absolute atomic E-state index is 12.6. The predicted molar refractivity (Wildman–Crippen MR) is 147 cm³/mol. The van der Waals surface area contributed by atoms with Crippen LogP contribution in [0.25, 0.3) is 0 Å². The lowest BCUT2D eigenvalue weighted by Crippen LogP contribution is -2.53. The van der Waals surface area contributed by atoms with E-state index in [9.17, 15) is 14.7 Å². The van der Waals surface area contributed by atoms with Gasteiger partial charge in [0, 0.05) is 75.5 Å². The average molecular weight is 514 g/mol. The molecule has 0 bridgehead atoms. The maximum Gasteiger partial charge on any atom is 0.234 e. The Bertz CT molecular complexity index is 624. The van der Waals surface area contributed by atoms with Gasteiger partial charge in [0.2, 0.25) is 11.8 Å². The van der Waals surface area contributed by atoms with Gasteiger partial charge in [0.1, 0.15) is 6.23 Å². The first kappa shape index (κ1) is 32.7. The predicted octanol–water partition coefficient (Wildman–Crippen LogP) is 0.0315. The quantitative estimate of drug-likeness (QED) is 0.303. The van der Waals surface area contributed by atoms with E-state index in [0.717, 1.165) is 26.2 Å². The number of carbonyl (C=O) groups excluding carboxylic acids is 2. The monoisotopic (exact) mass is 513 g/mol. The first-order chi connectivity index (χ1) is 16.4. The van der Waals surface area contributed by atoms with Gasteiger partial charge in [0.15, 0.2) is 0 Å². The van der Waals surface area contributed by atoms with Crippen LogP contribution in [-0.2, 0) is 9.59 Å². The molecule has 212 valence electrons. The highest BCUT2D eigenvalue weighted by atomic mass is 16.3. The number of β-amino-alcohol motifs (C(OH)–C–C–N with tert-alkyl or cyclic N) is 1. The fourth-order valence-electron chi connectivity index (χ4n) is 4.11. The molecular weight excluding hydrogens is 458 g/mol. The molecule has 0 aromatic rings. The molecule has 0 saturated carbocycles. The molecular formula is C26H55N7O3. The van der Waals surface area contributed by atoms with Crippen molar-refractivity contribution < 1.29 is 14.7 Å². The minimum absolute atomic E-state index is 0.0200. The fraction of sp³-hybridized carbons (Fsp3) is 0.923. The van der Waals surface area contributed by atoms with Gasteiger partial charge < -0.3 is 21.1 Å². The highest BCUT2D eigenvalue weighted by molar-refractivity contribution is 5.79. The molecule has 1 atom stereocenters. The number of amides is 2. The van der Waals surface area contributed by atoms with Crippen molar-refractivity contribution in [2.75, 3.05) is 72.0 Å². The van der Waals surface area contributed by atoms with E-state index in [0.29, 0.717) is 45.8 Å². The molecule has 36 heavy (non-hydrogen) atoms. The molecule has 1 saturated heterocycles. The van der Waals surface area contributed by atoms with E-state index in [4.69, 9.17) is 0 Å². The Morgan fingerprint density at radius 3 is 1.44 bits per heavy atom. The minimum Gasteiger partial charge on any atom is -0.377 e. The summed E-state index contributed by atoms with van der Waals surface area (Å²) in [5.74, 6) is 0.0400. The van der Waals surface area contributed by atoms with Gasteiger partial charge in [0.05, 0.1) is 13.1 Å². The number of hydrogen-bond donors (Lipinski definition) is 5. The molecule has 1 rings (SSSR count). The first-order valence-electron chi connectivity index (χ1n) is 13.4. The Morgan fingerprint density at radius 1 is 0.694 bits per heavy atom. The number of carbonyl (C=O) groups is 2. The van der Waals surface area contributed by atoms with Crippen molar-refractivity contribution in [3.05, 3.63) is 0 Å². The standard InChI is InChI=1S/C26H55N7O3/c1-24(2,3)28-21(34)18-31-12-10-27-11-13-32(19-22(35)29-25(4,5)6)15-17-33(16-14-31)20-23(36)30-26(7,8)9/h23,27,30,36H,10-20H2,1-9H3,(H,28,34)(H,29,35). The van der Waals surface area contributed by atoms with Crippen molar-refractivity contribution in [2.45, 2.75) is 85.2 Å². The molecule has 10 heteroatoms. The summed E-state index contributed by atoms with van der Waals surface area (Å²) in [6, 6.07) is 0. The lowest BCUT2D eigenvalue weighted by atomic mass is 10.1. The number of hydrogen-bond acceptors (Lipinski definition) is 8. The first-order valence-corrected chi connectivity index (χ1v) is 13.4. The zero-order chi connectivity index (χ0) is 27.6. The molecule has 1 aliphatic heterocycles. The van der Waals surface area contributed by atoms with E-state index in [1.807, 2.05) is 62.3 Å². The maximum atomic E-state index is 12.6. The number of nitrogens with one attached hydrogen (secondary N) is 4. The Balaban J connectivity index is 2.88. The number of aliphatic hydroxyl groups is 1. The summed E-state index contributed by atoms with van der Waals surface area (Å²) in [4.78, 5) is 31.7. The van der Waals surface area contributed by atoms with E-state index < -0.39 is 6.23 Å². The van der Waals surface area contributed by atoms with Crippen LogP contribution in [0.5, 0.6) is 0 Å². The van der Waals surface area contributed by atoms with Gasteiger partial charge in [-0.3, -0.25) is 29.6 Å². The van der Waals surface area contributed by atoms with Crippen LogP contribution in [0.4, 0.5) is 0 Å². The highest BCUT2D eigenvalue weighted by Crippen LogP contribution is 2.05. The molecule has 0 aliphatic carbocycles. The molecule has 5 N–H and O–H groups in total. The second-order valence-electron chi connectivity index (χ2n) is 13.1. The van der Waals surface area contributed by atoms with Gasteiger partial charge in [0.25, 0.3) is 0 Å². The van der Waals surface area contributed by atoms with Gasteiger partial charge in [-0.25, -0.2) is 0 Å². The van der Waals surface area contributed by atoms with E-state index in [1.165, 1.54) is 0 Å². The van der Waals surface area contributed by atoms with E-state index in [1.54, 1.807) is 0 Å². The van der Waals surface area contributed by atoms with Gasteiger partial charge in [-0.15, -0.1) is 0 Å². The summed E-state index contributed by atoms with van der Waals surface area (Å²) >= 11 is 0. The van der Waals surface area contributed by atoms with Crippen LogP contribution in [0.15, 0.2) is 0 Å². The number of nitrogens with zero attached hydrogens (tertiary/aromatic N) is 3. The molecule has 0 radical (unpaired) electrons. The van der Waals surface area contributed by atoms with Crippen LogP contribution in [0, 0.1) is 0 Å². The second kappa shape index (κ2) is 14.6. The SMILES string of the molecule is CC(C)(C)NC(=O)CN1CCNCCN(CC(=O)NC(C)(C)C)CCN(CC(O)NC(C)(C)C)CC1. The van der Waals surface area contributed by atoms with Crippen molar-refractivity contribution in [1.29, 1.82) is 0 Å². The zero-order valence-corrected chi connectivity index (χ0v) is 24.5. The van der Waals surface area contributed by atoms with Gasteiger partial charge in [-0.2, -0.15) is 0 Å². The van der Waals surface area contributed by atoms with Crippen LogP contribution in [0.1, 0.15) is 62.3 Å². The number of aliphatic hydroxyl groups excluding tert-OH is 1. The summed E-state index contributed by atoms with van der Waals surface area (Å²) < 4.78 is 0. The Morgan fingerprint density at radius 2 is 1.08 bits per heavy atom. The molecule has 1 aliphatic rings. The molecule has 10 nitrogen and oxygen atoms in total. The third-order valence-electron chi connectivity index (χ3n) is 5.47. The molecule has 0 aromatic heterocycles. The topological polar surface area (TPSA) is 112 Å². The molecule has 1 heterocycles. The lowest BCUT2D eigenvalue weighted by molar-refractivity contribution is -0.124. The van der Waals surface area contributed by atoms with Gasteiger partial charge in [-0.05, 0) is 62.3 Å². The van der Waals surface area contributed by atoms with Crippen LogP contribution in [0.3, 0.4) is 0 Å². The third kappa shape index (κ3) is 17.2. The van der Waals surface area contributed by atoms with Crippen molar-refractivity contribution in [2.24, 2.45) is 0 Å². The van der Waals surface area contributed by atoms with Gasteiger partial charge in [-0.1, -0.05) is 0 Å². The summed E-state index contributed by atoms with van der Waals surface area (Å²) in [6.45, 7) is 25.1. The van der Waals surface area contributed by atoms with Crippen molar-refractivity contribution in [3.8, 4) is 0 Å². The zero-order valence-electron chi connectivity index (χ0n) is 24.5. The molecule has 2 amide bonds. The Labute approximate surface area is 219 Å². The highest BCUT2D eigenvalue weighted by Gasteiger charge is 2.22. The van der Waals surface area contributed by atoms with Crippen LogP contribution in [-0.4, -0.2) is 126 Å². The molecule has 0 spiro atoms. The third-order valence-corrected chi connectivity index (χ3v) is 5.47. The molecule has 0 aromatic carbocycles. The fourth-order valence-corrected chi connectivity index (χ4v) is 4.11. The van der Waals surface area contributed by atoms with Crippen molar-refractivity contribution in [3.63, 3.8) is 0 Å². The Kier molecular flexibility index (Phi) is 13.3. The summed E-state index contributed by atoms with van der Waals surface area (Å²) in [5, 5.41) is 23.5. The summed E-state index contributed by atoms with van der Waals surface area (Å²) in [7, 11) is 0. The second-order valence-corrected chi connectivity index (χ2v) is 13.1. The van der Waals surface area contributed by atoms with E-state index in [-0.39, 0.29) is 28.4 Å². The molecule has 1 unspecified atom stereocenters.